The van der Waals surface area contributed by atoms with E-state index in [1.807, 2.05) is 13.8 Å². The lowest BCUT2D eigenvalue weighted by Crippen LogP contribution is -2.34. The van der Waals surface area contributed by atoms with Crippen LogP contribution in [0.15, 0.2) is 78.9 Å². The smallest absolute Gasteiger partial charge is 0.326 e. The Bertz CT molecular complexity index is 1150. The van der Waals surface area contributed by atoms with E-state index in [2.05, 4.69) is 10.6 Å². The first-order chi connectivity index (χ1) is 17.0. The zero-order chi connectivity index (χ0) is 25.0. The second-order valence-corrected chi connectivity index (χ2v) is 7.31. The van der Waals surface area contributed by atoms with Crippen LogP contribution in [0, 0.1) is 0 Å². The molecule has 8 heteroatoms. The highest BCUT2D eigenvalue weighted by molar-refractivity contribution is 5.99. The molecule has 0 aliphatic heterocycles. The molecule has 0 aromatic heterocycles. The van der Waals surface area contributed by atoms with E-state index >= 15 is 0 Å². The SMILES string of the molecule is CCOc1ccccc1NC(=O)C(OC(=O)CNC(=O)c1ccccc1OCC)c1ccccc1. The molecular weight excluding hydrogens is 448 g/mol. The molecule has 0 heterocycles. The molecule has 0 saturated heterocycles. The number of amides is 2. The fraction of sp³-hybridized carbons (Fsp3) is 0.222. The molecule has 1 atom stereocenters. The van der Waals surface area contributed by atoms with Gasteiger partial charge >= 0.3 is 5.97 Å². The summed E-state index contributed by atoms with van der Waals surface area (Å²) < 4.78 is 16.5. The topological polar surface area (TPSA) is 103 Å². The maximum absolute atomic E-state index is 13.1. The molecule has 0 bridgehead atoms. The van der Waals surface area contributed by atoms with Crippen molar-refractivity contribution in [2.45, 2.75) is 20.0 Å². The molecule has 0 aliphatic rings. The van der Waals surface area contributed by atoms with Crippen LogP contribution in [0.2, 0.25) is 0 Å². The number of ether oxygens (including phenoxy) is 3. The average Bonchev–Trinajstić information content (AvgIpc) is 2.88. The molecule has 2 amide bonds. The monoisotopic (exact) mass is 476 g/mol. The van der Waals surface area contributed by atoms with Gasteiger partial charge in [0.15, 0.2) is 0 Å². The Kier molecular flexibility index (Phi) is 9.24. The van der Waals surface area contributed by atoms with Gasteiger partial charge in [-0.3, -0.25) is 14.4 Å². The van der Waals surface area contributed by atoms with E-state index in [0.717, 1.165) is 0 Å². The van der Waals surface area contributed by atoms with Crippen molar-refractivity contribution in [3.63, 3.8) is 0 Å². The summed E-state index contributed by atoms with van der Waals surface area (Å²) in [6.45, 7) is 4.05. The maximum atomic E-state index is 13.1. The number of hydrogen-bond acceptors (Lipinski definition) is 6. The second-order valence-electron chi connectivity index (χ2n) is 7.31. The van der Waals surface area contributed by atoms with Crippen LogP contribution in [0.25, 0.3) is 0 Å². The third-order valence-electron chi connectivity index (χ3n) is 4.86. The standard InChI is InChI=1S/C27H28N2O6/c1-3-33-22-16-10-8-14-20(22)26(31)28-18-24(30)35-25(19-12-6-5-7-13-19)27(32)29-21-15-9-11-17-23(21)34-4-2/h5-17,25H,3-4,18H2,1-2H3,(H,28,31)(H,29,32). The number of para-hydroxylation sites is 3. The van der Waals surface area contributed by atoms with Crippen LogP contribution in [0.1, 0.15) is 35.9 Å². The molecule has 3 rings (SSSR count). The van der Waals surface area contributed by atoms with Crippen LogP contribution < -0.4 is 20.1 Å². The molecule has 8 nitrogen and oxygen atoms in total. The van der Waals surface area contributed by atoms with Crippen molar-refractivity contribution in [2.75, 3.05) is 25.1 Å². The molecule has 1 unspecified atom stereocenters. The lowest BCUT2D eigenvalue weighted by atomic mass is 10.1. The summed E-state index contributed by atoms with van der Waals surface area (Å²) in [6, 6.07) is 22.4. The summed E-state index contributed by atoms with van der Waals surface area (Å²) in [6.07, 6.45) is -1.23. The molecule has 182 valence electrons. The molecule has 35 heavy (non-hydrogen) atoms. The lowest BCUT2D eigenvalue weighted by Gasteiger charge is -2.19. The number of rotatable bonds is 11. The van der Waals surface area contributed by atoms with Gasteiger partial charge < -0.3 is 24.8 Å². The fourth-order valence-corrected chi connectivity index (χ4v) is 3.31. The summed E-state index contributed by atoms with van der Waals surface area (Å²) in [5, 5.41) is 5.29. The summed E-state index contributed by atoms with van der Waals surface area (Å²) in [5.41, 5.74) is 1.24. The third-order valence-corrected chi connectivity index (χ3v) is 4.86. The Morgan fingerprint density at radius 1 is 0.771 bits per heavy atom. The van der Waals surface area contributed by atoms with Crippen LogP contribution in [0.4, 0.5) is 5.69 Å². The van der Waals surface area contributed by atoms with Crippen molar-refractivity contribution in [2.24, 2.45) is 0 Å². The van der Waals surface area contributed by atoms with Gasteiger partial charge in [0.1, 0.15) is 18.0 Å². The number of hydrogen-bond donors (Lipinski definition) is 2. The summed E-state index contributed by atoms with van der Waals surface area (Å²) >= 11 is 0. The van der Waals surface area contributed by atoms with Crippen LogP contribution in [-0.4, -0.2) is 37.5 Å². The van der Waals surface area contributed by atoms with Crippen LogP contribution in [0.5, 0.6) is 11.5 Å². The summed E-state index contributed by atoms with van der Waals surface area (Å²) in [7, 11) is 0. The Morgan fingerprint density at radius 3 is 2.09 bits per heavy atom. The normalized spacial score (nSPS) is 11.1. The molecule has 0 saturated carbocycles. The molecule has 3 aromatic carbocycles. The predicted octanol–water partition coefficient (Wildman–Crippen LogP) is 4.14. The number of nitrogens with one attached hydrogen (secondary N) is 2. The number of carbonyl (C=O) groups excluding carboxylic acids is 3. The number of esters is 1. The lowest BCUT2D eigenvalue weighted by molar-refractivity contribution is -0.153. The van der Waals surface area contributed by atoms with Gasteiger partial charge in [0.25, 0.3) is 11.8 Å². The second kappa shape index (κ2) is 12.8. The Labute approximate surface area is 204 Å². The minimum Gasteiger partial charge on any atom is -0.493 e. The Morgan fingerprint density at radius 2 is 1.37 bits per heavy atom. The number of benzene rings is 3. The molecule has 0 aliphatic carbocycles. The van der Waals surface area contributed by atoms with Gasteiger partial charge in [-0.25, -0.2) is 0 Å². The first kappa shape index (κ1) is 25.3. The van der Waals surface area contributed by atoms with E-state index in [0.29, 0.717) is 41.5 Å². The molecular formula is C27H28N2O6. The van der Waals surface area contributed by atoms with E-state index in [1.54, 1.807) is 78.9 Å². The first-order valence-corrected chi connectivity index (χ1v) is 11.3. The van der Waals surface area contributed by atoms with Crippen molar-refractivity contribution in [1.82, 2.24) is 5.32 Å². The molecule has 2 N–H and O–H groups in total. The molecule has 3 aromatic rings. The van der Waals surface area contributed by atoms with E-state index in [-0.39, 0.29) is 0 Å². The van der Waals surface area contributed by atoms with Gasteiger partial charge in [0.2, 0.25) is 6.10 Å². The largest absolute Gasteiger partial charge is 0.493 e. The van der Waals surface area contributed by atoms with Crippen molar-refractivity contribution in [1.29, 1.82) is 0 Å². The molecule has 0 spiro atoms. The zero-order valence-corrected chi connectivity index (χ0v) is 19.7. The van der Waals surface area contributed by atoms with Gasteiger partial charge in [-0.1, -0.05) is 54.6 Å². The predicted molar refractivity (Wildman–Crippen MR) is 131 cm³/mol. The van der Waals surface area contributed by atoms with Gasteiger partial charge in [-0.2, -0.15) is 0 Å². The van der Waals surface area contributed by atoms with E-state index < -0.39 is 30.4 Å². The molecule has 0 radical (unpaired) electrons. The fourth-order valence-electron chi connectivity index (χ4n) is 3.31. The highest BCUT2D eigenvalue weighted by Crippen LogP contribution is 2.26. The maximum Gasteiger partial charge on any atom is 0.326 e. The van der Waals surface area contributed by atoms with Gasteiger partial charge in [0.05, 0.1) is 24.5 Å². The zero-order valence-electron chi connectivity index (χ0n) is 19.7. The summed E-state index contributed by atoms with van der Waals surface area (Å²) in [5.74, 6) is -0.895. The average molecular weight is 477 g/mol. The van der Waals surface area contributed by atoms with Crippen LogP contribution >= 0.6 is 0 Å². The van der Waals surface area contributed by atoms with E-state index in [9.17, 15) is 14.4 Å². The first-order valence-electron chi connectivity index (χ1n) is 11.3. The Balaban J connectivity index is 1.70. The number of anilines is 1. The van der Waals surface area contributed by atoms with Gasteiger partial charge in [-0.15, -0.1) is 0 Å². The van der Waals surface area contributed by atoms with Crippen LogP contribution in [0.3, 0.4) is 0 Å². The van der Waals surface area contributed by atoms with E-state index in [1.165, 1.54) is 0 Å². The highest BCUT2D eigenvalue weighted by atomic mass is 16.5. The van der Waals surface area contributed by atoms with Crippen molar-refractivity contribution in [3.05, 3.63) is 90.0 Å². The summed E-state index contributed by atoms with van der Waals surface area (Å²) in [4.78, 5) is 38.3. The van der Waals surface area contributed by atoms with Gasteiger partial charge in [0, 0.05) is 5.56 Å². The van der Waals surface area contributed by atoms with E-state index in [4.69, 9.17) is 14.2 Å². The molecule has 0 fully saturated rings. The highest BCUT2D eigenvalue weighted by Gasteiger charge is 2.26. The van der Waals surface area contributed by atoms with Crippen molar-refractivity contribution in [3.8, 4) is 11.5 Å². The third kappa shape index (κ3) is 7.07. The van der Waals surface area contributed by atoms with Crippen LogP contribution in [-0.2, 0) is 14.3 Å². The van der Waals surface area contributed by atoms with Crippen molar-refractivity contribution < 1.29 is 28.6 Å². The minimum absolute atomic E-state index is 0.298. The minimum atomic E-state index is -1.23. The number of carbonyl (C=O) groups is 3. The van der Waals surface area contributed by atoms with Crippen molar-refractivity contribution >= 4 is 23.5 Å². The Hall–Kier alpha value is -4.33. The van der Waals surface area contributed by atoms with Gasteiger partial charge in [-0.05, 0) is 38.1 Å². The quantitative estimate of drug-likeness (QED) is 0.403.